The van der Waals surface area contributed by atoms with Crippen molar-refractivity contribution in [1.82, 2.24) is 20.2 Å². The zero-order valence-corrected chi connectivity index (χ0v) is 15.6. The molecule has 0 radical (unpaired) electrons. The van der Waals surface area contributed by atoms with Crippen molar-refractivity contribution in [2.75, 3.05) is 13.1 Å². The minimum absolute atomic E-state index is 0.0589. The van der Waals surface area contributed by atoms with Crippen LogP contribution in [0, 0.1) is 0 Å². The Kier molecular flexibility index (Phi) is 5.98. The molecule has 0 saturated carbocycles. The monoisotopic (exact) mass is 364 g/mol. The van der Waals surface area contributed by atoms with Crippen LogP contribution in [-0.2, 0) is 11.3 Å². The number of likely N-dealkylation sites (N-methyl/N-ethyl adjacent to an activating group) is 1. The lowest BCUT2D eigenvalue weighted by Gasteiger charge is -2.21. The molecule has 6 nitrogen and oxygen atoms in total. The first-order chi connectivity index (χ1) is 13.1. The standard InChI is InChI=1S/C21H24N4O2/c1-3-25(14-20(26)22-15(2)16-9-5-4-6-10-16)13-19-23-18-12-8-7-11-17(18)21(27)24-19/h4-12,15H,3,13-14H2,1-2H3,(H,22,26)(H,23,24,27)/t15-/m0/s1. The number of H-pyrrole nitrogens is 1. The molecule has 3 rings (SSSR count). The van der Waals surface area contributed by atoms with E-state index in [-0.39, 0.29) is 24.1 Å². The van der Waals surface area contributed by atoms with E-state index in [9.17, 15) is 9.59 Å². The van der Waals surface area contributed by atoms with E-state index in [0.29, 0.717) is 29.8 Å². The van der Waals surface area contributed by atoms with Crippen molar-refractivity contribution >= 4 is 16.8 Å². The molecule has 0 saturated heterocycles. The van der Waals surface area contributed by atoms with E-state index in [1.165, 1.54) is 0 Å². The smallest absolute Gasteiger partial charge is 0.258 e. The van der Waals surface area contributed by atoms with Gasteiger partial charge < -0.3 is 10.3 Å². The predicted molar refractivity (Wildman–Crippen MR) is 106 cm³/mol. The highest BCUT2D eigenvalue weighted by Gasteiger charge is 2.14. The Morgan fingerprint density at radius 3 is 2.59 bits per heavy atom. The van der Waals surface area contributed by atoms with Crippen molar-refractivity contribution in [3.63, 3.8) is 0 Å². The Bertz CT molecular complexity index is 969. The lowest BCUT2D eigenvalue weighted by Crippen LogP contribution is -2.38. The van der Waals surface area contributed by atoms with Crippen LogP contribution >= 0.6 is 0 Å². The molecule has 0 aliphatic heterocycles. The normalized spacial score (nSPS) is 12.3. The van der Waals surface area contributed by atoms with Gasteiger partial charge in [-0.15, -0.1) is 0 Å². The summed E-state index contributed by atoms with van der Waals surface area (Å²) < 4.78 is 0. The molecular formula is C21H24N4O2. The zero-order chi connectivity index (χ0) is 19.2. The van der Waals surface area contributed by atoms with E-state index in [1.807, 2.05) is 67.3 Å². The third kappa shape index (κ3) is 4.80. The highest BCUT2D eigenvalue weighted by molar-refractivity contribution is 5.78. The average molecular weight is 364 g/mol. The number of aromatic nitrogens is 2. The summed E-state index contributed by atoms with van der Waals surface area (Å²) in [7, 11) is 0. The van der Waals surface area contributed by atoms with Gasteiger partial charge in [0.2, 0.25) is 5.91 Å². The lowest BCUT2D eigenvalue weighted by molar-refractivity contribution is -0.123. The summed E-state index contributed by atoms with van der Waals surface area (Å²) in [5, 5.41) is 3.58. The minimum atomic E-state index is -0.159. The molecule has 2 aromatic carbocycles. The highest BCUT2D eigenvalue weighted by atomic mass is 16.2. The molecule has 1 heterocycles. The molecule has 140 valence electrons. The van der Waals surface area contributed by atoms with E-state index in [2.05, 4.69) is 15.3 Å². The van der Waals surface area contributed by atoms with Crippen LogP contribution in [0.15, 0.2) is 59.4 Å². The molecule has 0 unspecified atom stereocenters. The van der Waals surface area contributed by atoms with Gasteiger partial charge in [0.05, 0.1) is 30.0 Å². The van der Waals surface area contributed by atoms with Gasteiger partial charge in [0.1, 0.15) is 5.82 Å². The van der Waals surface area contributed by atoms with Crippen LogP contribution < -0.4 is 10.9 Å². The van der Waals surface area contributed by atoms with Gasteiger partial charge in [-0.25, -0.2) is 4.98 Å². The maximum absolute atomic E-state index is 12.4. The number of para-hydroxylation sites is 1. The topological polar surface area (TPSA) is 78.1 Å². The third-order valence-corrected chi connectivity index (χ3v) is 4.53. The Morgan fingerprint density at radius 2 is 1.85 bits per heavy atom. The average Bonchev–Trinajstić information content (AvgIpc) is 2.68. The molecule has 27 heavy (non-hydrogen) atoms. The van der Waals surface area contributed by atoms with E-state index in [0.717, 1.165) is 5.56 Å². The number of nitrogens with one attached hydrogen (secondary N) is 2. The number of hydrogen-bond acceptors (Lipinski definition) is 4. The summed E-state index contributed by atoms with van der Waals surface area (Å²) in [5.74, 6) is 0.501. The van der Waals surface area contributed by atoms with Gasteiger partial charge in [0.25, 0.3) is 5.56 Å². The quantitative estimate of drug-likeness (QED) is 0.676. The molecule has 6 heteroatoms. The second-order valence-electron chi connectivity index (χ2n) is 6.53. The third-order valence-electron chi connectivity index (χ3n) is 4.53. The summed E-state index contributed by atoms with van der Waals surface area (Å²) in [6.07, 6.45) is 0. The molecule has 0 fully saturated rings. The lowest BCUT2D eigenvalue weighted by atomic mass is 10.1. The van der Waals surface area contributed by atoms with Gasteiger partial charge in [-0.2, -0.15) is 0 Å². The molecule has 0 aliphatic rings. The summed E-state index contributed by atoms with van der Waals surface area (Å²) in [6, 6.07) is 17.0. The Hall–Kier alpha value is -2.99. The van der Waals surface area contributed by atoms with Gasteiger partial charge in [-0.3, -0.25) is 14.5 Å². The predicted octanol–water partition coefficient (Wildman–Crippen LogP) is 2.62. The van der Waals surface area contributed by atoms with Gasteiger partial charge >= 0.3 is 0 Å². The van der Waals surface area contributed by atoms with E-state index in [1.54, 1.807) is 6.07 Å². The van der Waals surface area contributed by atoms with Crippen molar-refractivity contribution in [2.45, 2.75) is 26.4 Å². The fraction of sp³-hybridized carbons (Fsp3) is 0.286. The highest BCUT2D eigenvalue weighted by Crippen LogP contribution is 2.11. The number of nitrogens with zero attached hydrogens (tertiary/aromatic N) is 2. The van der Waals surface area contributed by atoms with Crippen LogP contribution in [0.25, 0.3) is 10.9 Å². The molecule has 2 N–H and O–H groups in total. The number of benzene rings is 2. The number of carbonyl (C=O) groups is 1. The molecule has 1 atom stereocenters. The summed E-state index contributed by atoms with van der Waals surface area (Å²) in [5.41, 5.74) is 1.57. The van der Waals surface area contributed by atoms with Crippen LogP contribution in [0.2, 0.25) is 0 Å². The number of hydrogen-bond donors (Lipinski definition) is 2. The van der Waals surface area contributed by atoms with E-state index >= 15 is 0 Å². The number of carbonyl (C=O) groups excluding carboxylic acids is 1. The number of fused-ring (bicyclic) bond motifs is 1. The van der Waals surface area contributed by atoms with Crippen molar-refractivity contribution in [3.05, 3.63) is 76.3 Å². The maximum atomic E-state index is 12.4. The molecular weight excluding hydrogens is 340 g/mol. The summed E-state index contributed by atoms with van der Waals surface area (Å²) in [6.45, 7) is 5.26. The Labute approximate surface area is 158 Å². The first-order valence-electron chi connectivity index (χ1n) is 9.11. The second-order valence-corrected chi connectivity index (χ2v) is 6.53. The van der Waals surface area contributed by atoms with Crippen LogP contribution in [0.3, 0.4) is 0 Å². The molecule has 1 aromatic heterocycles. The van der Waals surface area contributed by atoms with Crippen molar-refractivity contribution < 1.29 is 4.79 Å². The first kappa shape index (κ1) is 18.8. The number of rotatable bonds is 7. The zero-order valence-electron chi connectivity index (χ0n) is 15.6. The minimum Gasteiger partial charge on any atom is -0.348 e. The Balaban J connectivity index is 1.65. The first-order valence-corrected chi connectivity index (χ1v) is 9.11. The van der Waals surface area contributed by atoms with Crippen LogP contribution in [0.1, 0.15) is 31.3 Å². The fourth-order valence-electron chi connectivity index (χ4n) is 3.02. The Morgan fingerprint density at radius 1 is 1.15 bits per heavy atom. The number of aromatic amines is 1. The van der Waals surface area contributed by atoms with E-state index < -0.39 is 0 Å². The molecule has 0 aliphatic carbocycles. The summed E-state index contributed by atoms with van der Waals surface area (Å²) in [4.78, 5) is 33.9. The van der Waals surface area contributed by atoms with Crippen LogP contribution in [-0.4, -0.2) is 33.9 Å². The van der Waals surface area contributed by atoms with Crippen LogP contribution in [0.4, 0.5) is 0 Å². The van der Waals surface area contributed by atoms with Crippen molar-refractivity contribution in [1.29, 1.82) is 0 Å². The van der Waals surface area contributed by atoms with Gasteiger partial charge in [0, 0.05) is 0 Å². The molecule has 0 bridgehead atoms. The van der Waals surface area contributed by atoms with Gasteiger partial charge in [-0.05, 0) is 31.2 Å². The largest absolute Gasteiger partial charge is 0.348 e. The van der Waals surface area contributed by atoms with Crippen molar-refractivity contribution in [2.24, 2.45) is 0 Å². The maximum Gasteiger partial charge on any atom is 0.258 e. The molecule has 0 spiro atoms. The van der Waals surface area contributed by atoms with E-state index in [4.69, 9.17) is 0 Å². The van der Waals surface area contributed by atoms with Crippen LogP contribution in [0.5, 0.6) is 0 Å². The molecule has 1 amide bonds. The number of amides is 1. The van der Waals surface area contributed by atoms with Gasteiger partial charge in [-0.1, -0.05) is 49.4 Å². The SMILES string of the molecule is CCN(CC(=O)N[C@@H](C)c1ccccc1)Cc1nc2ccccc2c(=O)[nH]1. The fourth-order valence-corrected chi connectivity index (χ4v) is 3.02. The second kappa shape index (κ2) is 8.60. The summed E-state index contributed by atoms with van der Waals surface area (Å²) >= 11 is 0. The van der Waals surface area contributed by atoms with Gasteiger partial charge in [0.15, 0.2) is 0 Å². The van der Waals surface area contributed by atoms with Crippen molar-refractivity contribution in [3.8, 4) is 0 Å². The molecule has 3 aromatic rings.